The normalized spacial score (nSPS) is 19.2. The van der Waals surface area contributed by atoms with Crippen LogP contribution in [-0.4, -0.2) is 5.92 Å². The first-order valence-corrected chi connectivity index (χ1v) is 36.6. The number of aryl methyl sites for hydroxylation is 4. The van der Waals surface area contributed by atoms with Crippen molar-refractivity contribution in [3.05, 3.63) is 153 Å². The van der Waals surface area contributed by atoms with E-state index in [1.807, 2.05) is 0 Å². The van der Waals surface area contributed by atoms with Crippen molar-refractivity contribution >= 4 is 56.6 Å². The van der Waals surface area contributed by atoms with Gasteiger partial charge in [0.25, 0.3) is 0 Å². The number of hydrogen-bond acceptors (Lipinski definition) is 0. The Morgan fingerprint density at radius 1 is 0.500 bits per heavy atom. The summed E-state index contributed by atoms with van der Waals surface area (Å²) < 4.78 is 0.124. The van der Waals surface area contributed by atoms with Crippen molar-refractivity contribution in [1.82, 2.24) is 0 Å². The molecule has 0 fully saturated rings. The van der Waals surface area contributed by atoms with Crippen LogP contribution in [0, 0.1) is 11.8 Å². The van der Waals surface area contributed by atoms with Gasteiger partial charge in [0.05, 0.1) is 0 Å². The summed E-state index contributed by atoms with van der Waals surface area (Å²) in [6.07, 6.45) is 9.62. The van der Waals surface area contributed by atoms with Crippen LogP contribution in [0.1, 0.15) is 79.5 Å². The van der Waals surface area contributed by atoms with Crippen molar-refractivity contribution in [2.75, 3.05) is 0 Å². The van der Waals surface area contributed by atoms with E-state index < -0.39 is 21.5 Å². The molecule has 54 heavy (non-hydrogen) atoms. The summed E-state index contributed by atoms with van der Waals surface area (Å²) >= 11 is -4.99. The molecule has 0 bridgehead atoms. The third-order valence-corrected chi connectivity index (χ3v) is 65.7. The molecule has 0 saturated carbocycles. The second kappa shape index (κ2) is 12.5. The van der Waals surface area contributed by atoms with Crippen LogP contribution in [0.15, 0.2) is 108 Å². The molecule has 0 amide bonds. The quantitative estimate of drug-likeness (QED) is 0.141. The van der Waals surface area contributed by atoms with Crippen molar-refractivity contribution in [2.45, 2.75) is 73.7 Å². The van der Waals surface area contributed by atoms with Gasteiger partial charge in [0, 0.05) is 0 Å². The van der Waals surface area contributed by atoms with E-state index in [9.17, 15) is 0 Å². The third kappa shape index (κ3) is 4.82. The summed E-state index contributed by atoms with van der Waals surface area (Å²) in [5.41, 5.74) is 19.6. The Hall–Kier alpha value is -3.00. The van der Waals surface area contributed by atoms with Crippen LogP contribution in [0.25, 0.3) is 56.0 Å². The molecule has 0 radical (unpaired) electrons. The molecular formula is C50H49Cl2SiZr. The molecule has 271 valence electrons. The minimum absolute atomic E-state index is 0.0618. The van der Waals surface area contributed by atoms with Crippen LogP contribution in [0.3, 0.4) is 0 Å². The fourth-order valence-corrected chi connectivity index (χ4v) is 42.8. The van der Waals surface area contributed by atoms with Crippen LogP contribution < -0.4 is 0 Å². The summed E-state index contributed by atoms with van der Waals surface area (Å²) in [6, 6.07) is 37.4. The van der Waals surface area contributed by atoms with E-state index in [2.05, 4.69) is 150 Å². The second-order valence-corrected chi connectivity index (χ2v) is 60.2. The van der Waals surface area contributed by atoms with Gasteiger partial charge in [-0.05, 0) is 0 Å². The summed E-state index contributed by atoms with van der Waals surface area (Å²) in [5, 5.41) is 5.69. The van der Waals surface area contributed by atoms with E-state index in [1.165, 1.54) is 99.5 Å². The van der Waals surface area contributed by atoms with Crippen LogP contribution in [0.5, 0.6) is 0 Å². The van der Waals surface area contributed by atoms with Gasteiger partial charge in [0.1, 0.15) is 0 Å². The molecule has 4 aliphatic carbocycles. The molecular weight excluding hydrogens is 791 g/mol. The number of fused-ring (bicyclic) bond motifs is 2. The Balaban J connectivity index is 1.19. The zero-order valence-electron chi connectivity index (χ0n) is 32.4. The van der Waals surface area contributed by atoms with Gasteiger partial charge in [0.15, 0.2) is 0 Å². The van der Waals surface area contributed by atoms with Gasteiger partial charge in [-0.2, -0.15) is 0 Å². The SMILES string of the molecule is CC(C)C1=Cc2c(-c3ccc4c5c(cccc35)CC4)cccc2[CH]1[Zr]([Cl])([Cl])([CH]1C(C(C)C)=Cc2c(-c3ccc4c5c(cccc35)CC4)cccc21)[SiH](C)C. The zero-order chi connectivity index (χ0) is 37.3. The molecule has 6 aromatic rings. The van der Waals surface area contributed by atoms with Crippen LogP contribution >= 0.6 is 17.0 Å². The Morgan fingerprint density at radius 2 is 0.889 bits per heavy atom. The minimum atomic E-state index is -4.99. The molecule has 6 aromatic carbocycles. The standard InChI is InChI=1S/2C24H21.C2H7Si.2ClH.Zr/c2*1-15(2)19-13-18-6-4-7-20(23(18)14-19)21-12-11-17-10-9-16-5-3-8-22(21)24(16)17;1-3-2;;;/h2*3-8,11-15H,9-10H2,1-2H3;3H,1-2H3;2*1H;/q;;;;;+2/p-2. The molecule has 10 rings (SSSR count). The number of allylic oxidation sites excluding steroid dienone is 2. The van der Waals surface area contributed by atoms with Crippen molar-refractivity contribution in [3.63, 3.8) is 0 Å². The molecule has 0 saturated heterocycles. The van der Waals surface area contributed by atoms with E-state index >= 15 is 0 Å². The Morgan fingerprint density at radius 3 is 1.28 bits per heavy atom. The Kier molecular flexibility index (Phi) is 8.20. The van der Waals surface area contributed by atoms with Gasteiger partial charge in [0.2, 0.25) is 0 Å². The van der Waals surface area contributed by atoms with Gasteiger partial charge < -0.3 is 0 Å². The van der Waals surface area contributed by atoms with Crippen molar-refractivity contribution in [3.8, 4) is 22.3 Å². The molecule has 0 nitrogen and oxygen atoms in total. The zero-order valence-corrected chi connectivity index (χ0v) is 37.5. The van der Waals surface area contributed by atoms with Gasteiger partial charge >= 0.3 is 333 Å². The first-order chi connectivity index (χ1) is 26.0. The third-order valence-electron chi connectivity index (χ3n) is 14.1. The second-order valence-electron chi connectivity index (χ2n) is 17.7. The summed E-state index contributed by atoms with van der Waals surface area (Å²) in [5.74, 6) is -1.06. The summed E-state index contributed by atoms with van der Waals surface area (Å²) in [6.45, 7) is 14.4. The molecule has 0 N–H and O–H groups in total. The fourth-order valence-electron chi connectivity index (χ4n) is 11.3. The van der Waals surface area contributed by atoms with Crippen LogP contribution in [0.4, 0.5) is 0 Å². The van der Waals surface area contributed by atoms with Crippen LogP contribution in [-0.2, 0) is 41.2 Å². The molecule has 0 spiro atoms. The van der Waals surface area contributed by atoms with Crippen molar-refractivity contribution < 1.29 is 15.6 Å². The average molecular weight is 840 g/mol. The van der Waals surface area contributed by atoms with E-state index in [-0.39, 0.29) is 7.25 Å². The van der Waals surface area contributed by atoms with Gasteiger partial charge in [-0.15, -0.1) is 0 Å². The summed E-state index contributed by atoms with van der Waals surface area (Å²) in [7, 11) is 17.8. The predicted octanol–water partition coefficient (Wildman–Crippen LogP) is 14.4. The van der Waals surface area contributed by atoms with E-state index in [0.29, 0.717) is 11.8 Å². The molecule has 0 aromatic heterocycles. The number of halogens is 2. The first kappa shape index (κ1) is 35.4. The first-order valence-electron chi connectivity index (χ1n) is 20.3. The van der Waals surface area contributed by atoms with E-state index in [4.69, 9.17) is 17.0 Å². The molecule has 2 unspecified atom stereocenters. The predicted molar refractivity (Wildman–Crippen MR) is 235 cm³/mol. The van der Waals surface area contributed by atoms with Gasteiger partial charge in [-0.25, -0.2) is 0 Å². The topological polar surface area (TPSA) is 0 Å². The average Bonchev–Trinajstić information content (AvgIpc) is 3.96. The van der Waals surface area contributed by atoms with Crippen molar-refractivity contribution in [1.29, 1.82) is 0 Å². The summed E-state index contributed by atoms with van der Waals surface area (Å²) in [4.78, 5) is 0. The van der Waals surface area contributed by atoms with E-state index in [0.717, 1.165) is 25.7 Å². The van der Waals surface area contributed by atoms with Crippen molar-refractivity contribution in [2.24, 2.45) is 11.8 Å². The monoisotopic (exact) mass is 837 g/mol. The molecule has 4 aliphatic rings. The Labute approximate surface area is 330 Å². The molecule has 0 aliphatic heterocycles. The maximum absolute atomic E-state index is 8.92. The molecule has 0 heterocycles. The maximum atomic E-state index is 8.92. The Bertz CT molecular complexity index is 2460. The van der Waals surface area contributed by atoms with E-state index in [1.54, 1.807) is 0 Å². The number of rotatable bonds is 7. The van der Waals surface area contributed by atoms with Gasteiger partial charge in [-0.3, -0.25) is 0 Å². The van der Waals surface area contributed by atoms with Crippen LogP contribution in [0.2, 0.25) is 13.1 Å². The number of benzene rings is 6. The fraction of sp³-hybridized carbons (Fsp3) is 0.280. The number of hydrogen-bond donors (Lipinski definition) is 0. The van der Waals surface area contributed by atoms with Gasteiger partial charge in [-0.1, -0.05) is 0 Å². The molecule has 2 atom stereocenters. The molecule has 4 heteroatoms.